The van der Waals surface area contributed by atoms with Gasteiger partial charge in [0.2, 0.25) is 5.91 Å². The SMILES string of the molecule is O=C(CN1CC(NCC(F)F)C(NC(O)c2ccc(Cl)s2)C1)Nc1ccc(-n2ccccc2=O)cc1F. The Labute approximate surface area is 219 Å². The second kappa shape index (κ2) is 12.2. The average molecular weight is 556 g/mol. The number of hydrogen-bond donors (Lipinski definition) is 4. The Morgan fingerprint density at radius 2 is 1.95 bits per heavy atom. The molecule has 0 spiro atoms. The number of carbonyl (C=O) groups is 1. The quantitative estimate of drug-likeness (QED) is 0.287. The molecule has 8 nitrogen and oxygen atoms in total. The second-order valence-electron chi connectivity index (χ2n) is 8.54. The lowest BCUT2D eigenvalue weighted by Crippen LogP contribution is -2.49. The van der Waals surface area contributed by atoms with Crippen LogP contribution in [0.3, 0.4) is 0 Å². The minimum absolute atomic E-state index is 0.0519. The highest BCUT2D eigenvalue weighted by Gasteiger charge is 2.35. The number of carbonyl (C=O) groups excluding carboxylic acids is 1. The molecule has 4 rings (SSSR count). The molecule has 0 saturated carbocycles. The third-order valence-corrected chi connectivity index (χ3v) is 7.14. The number of aliphatic hydroxyl groups excluding tert-OH is 1. The van der Waals surface area contributed by atoms with Gasteiger partial charge in [-0.05, 0) is 30.3 Å². The van der Waals surface area contributed by atoms with Crippen LogP contribution < -0.4 is 21.5 Å². The van der Waals surface area contributed by atoms with Gasteiger partial charge in [0.1, 0.15) is 12.0 Å². The zero-order valence-corrected chi connectivity index (χ0v) is 21.0. The number of aliphatic hydroxyl groups is 1. The lowest BCUT2D eigenvalue weighted by molar-refractivity contribution is -0.117. The monoisotopic (exact) mass is 555 g/mol. The molecule has 1 aromatic carbocycles. The van der Waals surface area contributed by atoms with Crippen LogP contribution in [0.4, 0.5) is 18.9 Å². The van der Waals surface area contributed by atoms with Crippen LogP contribution in [-0.4, -0.2) is 65.2 Å². The standard InChI is InChI=1S/C24H25ClF3N5O3S/c25-20-7-6-19(37-20)24(36)31-18-12-32(11-17(18)29-10-21(27)28)13-22(34)30-16-5-4-14(9-15(16)26)33-8-2-1-3-23(33)35/h1-9,17-18,21,24,29,31,36H,10-13H2,(H,30,34). The molecule has 1 saturated heterocycles. The molecule has 1 aliphatic rings. The van der Waals surface area contributed by atoms with Gasteiger partial charge in [0.15, 0.2) is 0 Å². The first kappa shape index (κ1) is 27.3. The summed E-state index contributed by atoms with van der Waals surface area (Å²) in [5.74, 6) is -1.21. The summed E-state index contributed by atoms with van der Waals surface area (Å²) in [5, 5.41) is 18.8. The number of halogens is 4. The van der Waals surface area contributed by atoms with Crippen LogP contribution in [0.1, 0.15) is 11.1 Å². The van der Waals surface area contributed by atoms with E-state index >= 15 is 0 Å². The van der Waals surface area contributed by atoms with Gasteiger partial charge in [-0.25, -0.2) is 13.2 Å². The van der Waals surface area contributed by atoms with Crippen molar-refractivity contribution in [3.8, 4) is 5.69 Å². The molecule has 3 aromatic rings. The van der Waals surface area contributed by atoms with E-state index in [1.54, 1.807) is 29.2 Å². The molecule has 3 heterocycles. The number of hydrogen-bond acceptors (Lipinski definition) is 7. The number of anilines is 1. The fourth-order valence-corrected chi connectivity index (χ4v) is 5.19. The van der Waals surface area contributed by atoms with E-state index in [0.29, 0.717) is 14.9 Å². The summed E-state index contributed by atoms with van der Waals surface area (Å²) in [6, 6.07) is 11.0. The fourth-order valence-electron chi connectivity index (χ4n) is 4.18. The molecule has 0 aliphatic carbocycles. The van der Waals surface area contributed by atoms with Crippen molar-refractivity contribution in [1.82, 2.24) is 20.1 Å². The molecular weight excluding hydrogens is 531 g/mol. The van der Waals surface area contributed by atoms with Crippen molar-refractivity contribution in [3.05, 3.63) is 80.1 Å². The first-order valence-electron chi connectivity index (χ1n) is 11.4. The van der Waals surface area contributed by atoms with Gasteiger partial charge < -0.3 is 15.7 Å². The van der Waals surface area contributed by atoms with Crippen LogP contribution in [-0.2, 0) is 4.79 Å². The molecule has 13 heteroatoms. The van der Waals surface area contributed by atoms with E-state index in [1.165, 1.54) is 40.3 Å². The maximum absolute atomic E-state index is 14.7. The van der Waals surface area contributed by atoms with Gasteiger partial charge in [-0.3, -0.25) is 24.4 Å². The molecule has 0 radical (unpaired) electrons. The first-order valence-corrected chi connectivity index (χ1v) is 12.6. The highest BCUT2D eigenvalue weighted by molar-refractivity contribution is 7.16. The number of pyridine rings is 1. The molecule has 3 unspecified atom stereocenters. The summed E-state index contributed by atoms with van der Waals surface area (Å²) in [4.78, 5) is 26.9. The molecule has 4 N–H and O–H groups in total. The molecule has 198 valence electrons. The number of rotatable bonds is 10. The summed E-state index contributed by atoms with van der Waals surface area (Å²) < 4.78 is 42.1. The molecule has 1 aliphatic heterocycles. The molecular formula is C24H25ClF3N5O3S. The molecule has 0 bridgehead atoms. The predicted octanol–water partition coefficient (Wildman–Crippen LogP) is 2.82. The highest BCUT2D eigenvalue weighted by Crippen LogP contribution is 2.27. The number of nitrogens with one attached hydrogen (secondary N) is 3. The smallest absolute Gasteiger partial charge is 0.255 e. The average Bonchev–Trinajstić information content (AvgIpc) is 3.45. The summed E-state index contributed by atoms with van der Waals surface area (Å²) in [7, 11) is 0. The van der Waals surface area contributed by atoms with E-state index in [9.17, 15) is 27.9 Å². The summed E-state index contributed by atoms with van der Waals surface area (Å²) in [6.45, 7) is -0.117. The van der Waals surface area contributed by atoms with Crippen molar-refractivity contribution in [3.63, 3.8) is 0 Å². The van der Waals surface area contributed by atoms with Crippen LogP contribution in [0.2, 0.25) is 4.34 Å². The van der Waals surface area contributed by atoms with Gasteiger partial charge in [0.25, 0.3) is 12.0 Å². The van der Waals surface area contributed by atoms with Gasteiger partial charge >= 0.3 is 0 Å². The lowest BCUT2D eigenvalue weighted by Gasteiger charge is -2.23. The maximum atomic E-state index is 14.7. The second-order valence-corrected chi connectivity index (χ2v) is 10.3. The third-order valence-electron chi connectivity index (χ3n) is 5.86. The number of likely N-dealkylation sites (tertiary alicyclic amines) is 1. The number of thiophene rings is 1. The van der Waals surface area contributed by atoms with Crippen LogP contribution in [0.5, 0.6) is 0 Å². The number of nitrogens with zero attached hydrogens (tertiary/aromatic N) is 2. The lowest BCUT2D eigenvalue weighted by atomic mass is 10.1. The minimum Gasteiger partial charge on any atom is -0.373 e. The van der Waals surface area contributed by atoms with Crippen LogP contribution in [0.15, 0.2) is 59.5 Å². The van der Waals surface area contributed by atoms with Crippen LogP contribution >= 0.6 is 22.9 Å². The van der Waals surface area contributed by atoms with Crippen molar-refractivity contribution in [2.75, 3.05) is 31.5 Å². The Morgan fingerprint density at radius 1 is 1.16 bits per heavy atom. The Bertz CT molecular complexity index is 1290. The van der Waals surface area contributed by atoms with Gasteiger partial charge in [0.05, 0.1) is 28.8 Å². The number of benzene rings is 1. The van der Waals surface area contributed by atoms with E-state index in [2.05, 4.69) is 16.0 Å². The van der Waals surface area contributed by atoms with Crippen LogP contribution in [0, 0.1) is 5.82 Å². The number of aromatic nitrogens is 1. The topological polar surface area (TPSA) is 98.6 Å². The Kier molecular flexibility index (Phi) is 9.00. The number of amides is 1. The summed E-state index contributed by atoms with van der Waals surface area (Å²) >= 11 is 7.12. The maximum Gasteiger partial charge on any atom is 0.255 e. The minimum atomic E-state index is -2.56. The largest absolute Gasteiger partial charge is 0.373 e. The molecule has 1 amide bonds. The van der Waals surface area contributed by atoms with Gasteiger partial charge in [-0.15, -0.1) is 11.3 Å². The Hall–Kier alpha value is -2.74. The first-order chi connectivity index (χ1) is 17.7. The summed E-state index contributed by atoms with van der Waals surface area (Å²) in [5.41, 5.74) is -0.0600. The molecule has 37 heavy (non-hydrogen) atoms. The predicted molar refractivity (Wildman–Crippen MR) is 136 cm³/mol. The molecule has 1 fully saturated rings. The van der Waals surface area contributed by atoms with Crippen molar-refractivity contribution in [1.29, 1.82) is 0 Å². The van der Waals surface area contributed by atoms with Gasteiger partial charge in [-0.1, -0.05) is 17.7 Å². The Morgan fingerprint density at radius 3 is 2.62 bits per heavy atom. The van der Waals surface area contributed by atoms with E-state index in [4.69, 9.17) is 11.6 Å². The van der Waals surface area contributed by atoms with Gasteiger partial charge in [0, 0.05) is 48.4 Å². The van der Waals surface area contributed by atoms with Crippen molar-refractivity contribution in [2.24, 2.45) is 0 Å². The third kappa shape index (κ3) is 7.18. The van der Waals surface area contributed by atoms with Crippen molar-refractivity contribution in [2.45, 2.75) is 24.7 Å². The highest BCUT2D eigenvalue weighted by atomic mass is 35.5. The number of alkyl halides is 2. The van der Waals surface area contributed by atoms with Crippen molar-refractivity contribution >= 4 is 34.5 Å². The normalized spacial score (nSPS) is 18.9. The zero-order valence-electron chi connectivity index (χ0n) is 19.4. The van der Waals surface area contributed by atoms with Gasteiger partial charge in [-0.2, -0.15) is 0 Å². The van der Waals surface area contributed by atoms with E-state index in [1.807, 2.05) is 0 Å². The molecule has 2 aromatic heterocycles. The van der Waals surface area contributed by atoms with E-state index in [0.717, 1.165) is 6.07 Å². The van der Waals surface area contributed by atoms with Crippen molar-refractivity contribution < 1.29 is 23.1 Å². The van der Waals surface area contributed by atoms with Crippen LogP contribution in [0.25, 0.3) is 5.69 Å². The fraction of sp³-hybridized carbons (Fsp3) is 0.333. The summed E-state index contributed by atoms with van der Waals surface area (Å²) in [6.07, 6.45) is -2.11. The van der Waals surface area contributed by atoms with E-state index in [-0.39, 0.29) is 30.9 Å². The zero-order chi connectivity index (χ0) is 26.5. The van der Waals surface area contributed by atoms with E-state index < -0.39 is 43.0 Å². The Balaban J connectivity index is 1.38. The molecule has 3 atom stereocenters.